The number of rotatable bonds is 13. The summed E-state index contributed by atoms with van der Waals surface area (Å²) >= 11 is 0. The summed E-state index contributed by atoms with van der Waals surface area (Å²) in [4.78, 5) is 98.5. The summed E-state index contributed by atoms with van der Waals surface area (Å²) in [5, 5.41) is 0. The molecule has 3 aromatic carbocycles. The highest BCUT2D eigenvalue weighted by Gasteiger charge is 2.53. The summed E-state index contributed by atoms with van der Waals surface area (Å²) in [6.45, 7) is 6.19. The zero-order chi connectivity index (χ0) is 43.7. The highest BCUT2D eigenvalue weighted by atomic mass is 16.7. The summed E-state index contributed by atoms with van der Waals surface area (Å²) in [5.74, 6) is -5.63. The molecule has 1 fully saturated rings. The van der Waals surface area contributed by atoms with Crippen LogP contribution in [0.15, 0.2) is 66.7 Å². The molecule has 18 heteroatoms. The van der Waals surface area contributed by atoms with Gasteiger partial charge >= 0.3 is 41.8 Å². The van der Waals surface area contributed by atoms with Gasteiger partial charge in [0.15, 0.2) is 18.0 Å². The van der Waals surface area contributed by atoms with E-state index < -0.39 is 91.0 Å². The van der Waals surface area contributed by atoms with Crippen molar-refractivity contribution in [2.45, 2.75) is 84.8 Å². The van der Waals surface area contributed by atoms with Gasteiger partial charge in [-0.2, -0.15) is 0 Å². The summed E-state index contributed by atoms with van der Waals surface area (Å²) in [7, 11) is 0. The highest BCUT2D eigenvalue weighted by molar-refractivity contribution is 6.03. The van der Waals surface area contributed by atoms with Crippen LogP contribution >= 0.6 is 0 Å². The number of benzene rings is 3. The molecule has 0 unspecified atom stereocenters. The normalized spacial score (nSPS) is 20.7. The minimum Gasteiger partial charge on any atom is -0.484 e. The van der Waals surface area contributed by atoms with E-state index in [0.29, 0.717) is 16.9 Å². The Kier molecular flexibility index (Phi) is 14.4. The third-order valence-corrected chi connectivity index (χ3v) is 8.42. The second-order valence-corrected chi connectivity index (χ2v) is 13.3. The van der Waals surface area contributed by atoms with E-state index in [2.05, 4.69) is 0 Å². The largest absolute Gasteiger partial charge is 0.484 e. The smallest absolute Gasteiger partial charge is 0.330 e. The molecule has 2 heterocycles. The predicted molar refractivity (Wildman–Crippen MR) is 202 cm³/mol. The minimum absolute atomic E-state index is 0.0680. The first-order chi connectivity index (χ1) is 28.4. The SMILES string of the molecule is CC(=O)Oc1ccc(/C=C/C(=O)OC[C@H]2O[C@@H](Oc3cc(OC(C)=O)c4c(c3)O[C@H](c3ccc(OC(C)=O)cc3)CC4=O)[C@@H](OC(C)=O)[C@@H](OC(C)=O)[C@H]2OC(C)=O)cc1. The molecule has 2 aliphatic rings. The molecule has 0 aliphatic carbocycles. The standard InChI is InChI=1S/C42H40O18/c1-21(43)52-29-12-7-27(8-13-29)9-16-37(50)51-20-36-39(55-24(4)46)40(56-25(5)47)41(57-26(6)48)42(60-36)58-31-17-34(54-23(3)45)38-32(49)19-33(59-35(38)18-31)28-10-14-30(15-11-28)53-22(2)44/h7-18,33,36,39-42H,19-20H2,1-6H3/b16-9+/t33-,36+,39-,40-,41-,42+/m0/s1. The molecule has 0 amide bonds. The van der Waals surface area contributed by atoms with Crippen molar-refractivity contribution in [2.24, 2.45) is 0 Å². The fourth-order valence-corrected chi connectivity index (χ4v) is 6.21. The number of carbonyl (C=O) groups is 8. The number of hydrogen-bond acceptors (Lipinski definition) is 18. The molecule has 1 saturated heterocycles. The van der Waals surface area contributed by atoms with Gasteiger partial charge in [-0.15, -0.1) is 0 Å². The summed E-state index contributed by atoms with van der Waals surface area (Å²) in [5.41, 5.74) is 1.02. The van der Waals surface area contributed by atoms with Crippen LogP contribution in [0.5, 0.6) is 28.7 Å². The molecule has 0 aromatic heterocycles. The third kappa shape index (κ3) is 12.0. The number of Topliss-reactive ketones (excluding diaryl/α,β-unsaturated/α-hetero) is 1. The van der Waals surface area contributed by atoms with Gasteiger partial charge in [0.2, 0.25) is 12.4 Å². The second-order valence-electron chi connectivity index (χ2n) is 13.3. The Bertz CT molecular complexity index is 2170. The molecule has 2 aliphatic heterocycles. The Morgan fingerprint density at radius 1 is 0.650 bits per heavy atom. The Morgan fingerprint density at radius 2 is 1.20 bits per heavy atom. The van der Waals surface area contributed by atoms with Crippen molar-refractivity contribution in [3.8, 4) is 28.7 Å². The van der Waals surface area contributed by atoms with Crippen molar-refractivity contribution in [3.63, 3.8) is 0 Å². The quantitative estimate of drug-likeness (QED) is 0.101. The zero-order valence-corrected chi connectivity index (χ0v) is 33.2. The van der Waals surface area contributed by atoms with Crippen LogP contribution in [0.1, 0.15) is 75.6 Å². The first-order valence-electron chi connectivity index (χ1n) is 18.3. The second kappa shape index (κ2) is 19.6. The maximum Gasteiger partial charge on any atom is 0.330 e. The zero-order valence-electron chi connectivity index (χ0n) is 33.2. The van der Waals surface area contributed by atoms with Crippen LogP contribution in [0, 0.1) is 0 Å². The van der Waals surface area contributed by atoms with Crippen molar-refractivity contribution in [2.75, 3.05) is 6.61 Å². The molecular formula is C42H40O18. The fraction of sp³-hybridized carbons (Fsp3) is 0.333. The minimum atomic E-state index is -1.70. The molecule has 0 spiro atoms. The van der Waals surface area contributed by atoms with Crippen LogP contribution in [-0.2, 0) is 57.2 Å². The molecule has 0 saturated carbocycles. The van der Waals surface area contributed by atoms with Gasteiger partial charge in [-0.3, -0.25) is 33.6 Å². The van der Waals surface area contributed by atoms with Gasteiger partial charge < -0.3 is 47.4 Å². The maximum atomic E-state index is 13.6. The molecule has 3 aromatic rings. The lowest BCUT2D eigenvalue weighted by atomic mass is 9.95. The topological polar surface area (TPSA) is 229 Å². The molecule has 60 heavy (non-hydrogen) atoms. The van der Waals surface area contributed by atoms with E-state index in [4.69, 9.17) is 47.4 Å². The lowest BCUT2D eigenvalue weighted by Gasteiger charge is -2.44. The van der Waals surface area contributed by atoms with Crippen LogP contribution in [-0.4, -0.2) is 84.9 Å². The monoisotopic (exact) mass is 832 g/mol. The van der Waals surface area contributed by atoms with Crippen molar-refractivity contribution < 1.29 is 85.7 Å². The van der Waals surface area contributed by atoms with E-state index in [9.17, 15) is 38.4 Å². The number of fused-ring (bicyclic) bond motifs is 1. The van der Waals surface area contributed by atoms with Crippen molar-refractivity contribution in [1.82, 2.24) is 0 Å². The average Bonchev–Trinajstić information content (AvgIpc) is 3.15. The van der Waals surface area contributed by atoms with E-state index in [1.165, 1.54) is 56.3 Å². The molecule has 5 rings (SSSR count). The Hall–Kier alpha value is -7.08. The van der Waals surface area contributed by atoms with Crippen LogP contribution in [0.2, 0.25) is 0 Å². The van der Waals surface area contributed by atoms with Gasteiger partial charge in [-0.25, -0.2) is 4.79 Å². The Labute approximate surface area is 342 Å². The van der Waals surface area contributed by atoms with Gasteiger partial charge in [-0.1, -0.05) is 24.3 Å². The number of ether oxygens (including phenoxy) is 10. The number of hydrogen-bond donors (Lipinski definition) is 0. The Balaban J connectivity index is 1.46. The lowest BCUT2D eigenvalue weighted by Crippen LogP contribution is -2.63. The van der Waals surface area contributed by atoms with E-state index >= 15 is 0 Å². The van der Waals surface area contributed by atoms with E-state index in [-0.39, 0.29) is 35.0 Å². The van der Waals surface area contributed by atoms with Crippen molar-refractivity contribution in [1.29, 1.82) is 0 Å². The van der Waals surface area contributed by atoms with Crippen LogP contribution in [0.4, 0.5) is 0 Å². The molecule has 0 N–H and O–H groups in total. The molecule has 18 nitrogen and oxygen atoms in total. The lowest BCUT2D eigenvalue weighted by molar-refractivity contribution is -0.288. The first kappa shape index (κ1) is 44.0. The highest BCUT2D eigenvalue weighted by Crippen LogP contribution is 2.44. The third-order valence-electron chi connectivity index (χ3n) is 8.42. The predicted octanol–water partition coefficient (Wildman–Crippen LogP) is 4.32. The van der Waals surface area contributed by atoms with E-state index in [1.54, 1.807) is 24.3 Å². The first-order valence-corrected chi connectivity index (χ1v) is 18.3. The van der Waals surface area contributed by atoms with Crippen molar-refractivity contribution >= 4 is 53.6 Å². The van der Waals surface area contributed by atoms with E-state index in [0.717, 1.165) is 33.8 Å². The van der Waals surface area contributed by atoms with Gasteiger partial charge in [0, 0.05) is 59.8 Å². The van der Waals surface area contributed by atoms with Gasteiger partial charge in [0.25, 0.3) is 0 Å². The molecule has 6 atom stereocenters. The summed E-state index contributed by atoms with van der Waals surface area (Å²) < 4.78 is 56.0. The molecule has 0 radical (unpaired) electrons. The maximum absolute atomic E-state index is 13.6. The number of carbonyl (C=O) groups excluding carboxylic acids is 8. The van der Waals surface area contributed by atoms with Gasteiger partial charge in [-0.05, 0) is 41.5 Å². The average molecular weight is 833 g/mol. The van der Waals surface area contributed by atoms with E-state index in [1.807, 2.05) is 0 Å². The Morgan fingerprint density at radius 3 is 1.77 bits per heavy atom. The van der Waals surface area contributed by atoms with Crippen LogP contribution in [0.3, 0.4) is 0 Å². The number of ketones is 1. The van der Waals surface area contributed by atoms with Crippen LogP contribution in [0.25, 0.3) is 6.08 Å². The summed E-state index contributed by atoms with van der Waals surface area (Å²) in [6, 6.07) is 15.0. The van der Waals surface area contributed by atoms with Crippen LogP contribution < -0.4 is 23.7 Å². The van der Waals surface area contributed by atoms with Crippen molar-refractivity contribution in [3.05, 3.63) is 83.4 Å². The fourth-order valence-electron chi connectivity index (χ4n) is 6.21. The number of esters is 7. The van der Waals surface area contributed by atoms with Gasteiger partial charge in [0.05, 0.1) is 6.42 Å². The molecule has 0 bridgehead atoms. The summed E-state index contributed by atoms with van der Waals surface area (Å²) in [6.07, 6.45) is -6.35. The molecule has 316 valence electrons. The van der Waals surface area contributed by atoms with Gasteiger partial charge in [0.1, 0.15) is 53.1 Å². The molecular weight excluding hydrogens is 792 g/mol.